The average Bonchev–Trinajstić information content (AvgIpc) is 2.75. The van der Waals surface area contributed by atoms with E-state index in [1.54, 1.807) is 42.9 Å². The van der Waals surface area contributed by atoms with Gasteiger partial charge in [0.05, 0.1) is 16.3 Å². The Kier molecular flexibility index (Phi) is 7.38. The number of halogens is 2. The minimum Gasteiger partial charge on any atom is -0.329 e. The summed E-state index contributed by atoms with van der Waals surface area (Å²) in [5.74, 6) is -0.614. The third-order valence-corrected chi connectivity index (χ3v) is 4.87. The third-order valence-electron chi connectivity index (χ3n) is 4.32. The fourth-order valence-electron chi connectivity index (χ4n) is 2.92. The van der Waals surface area contributed by atoms with Crippen LogP contribution in [0.3, 0.4) is 0 Å². The van der Waals surface area contributed by atoms with E-state index in [0.29, 0.717) is 34.3 Å². The molecule has 8 heteroatoms. The molecule has 0 aliphatic carbocycles. The number of anilines is 1. The predicted molar refractivity (Wildman–Crippen MR) is 119 cm³/mol. The third kappa shape index (κ3) is 5.55. The SMILES string of the molecule is CCCN(CC(=O)Nc1ccc(Cl)cc1Cl)C(=O)c1cncc(-c2ccncc2)c1. The van der Waals surface area contributed by atoms with Crippen molar-refractivity contribution in [3.8, 4) is 11.1 Å². The largest absolute Gasteiger partial charge is 0.329 e. The lowest BCUT2D eigenvalue weighted by Crippen LogP contribution is -2.38. The number of hydrogen-bond acceptors (Lipinski definition) is 4. The van der Waals surface area contributed by atoms with E-state index in [4.69, 9.17) is 23.2 Å². The smallest absolute Gasteiger partial charge is 0.255 e. The van der Waals surface area contributed by atoms with Crippen molar-refractivity contribution in [1.82, 2.24) is 14.9 Å². The van der Waals surface area contributed by atoms with Gasteiger partial charge in [0.15, 0.2) is 0 Å². The van der Waals surface area contributed by atoms with Gasteiger partial charge in [0.25, 0.3) is 5.91 Å². The van der Waals surface area contributed by atoms with Crippen LogP contribution < -0.4 is 5.32 Å². The number of nitrogens with zero attached hydrogens (tertiary/aromatic N) is 3. The van der Waals surface area contributed by atoms with E-state index in [1.807, 2.05) is 19.1 Å². The molecule has 2 aromatic heterocycles. The Hall–Kier alpha value is -2.96. The summed E-state index contributed by atoms with van der Waals surface area (Å²) in [4.78, 5) is 35.3. The second-order valence-corrected chi connectivity index (χ2v) is 7.44. The number of nitrogens with one attached hydrogen (secondary N) is 1. The molecule has 0 fully saturated rings. The Morgan fingerprint density at radius 1 is 1.00 bits per heavy atom. The molecule has 0 aliphatic rings. The van der Waals surface area contributed by atoms with E-state index in [0.717, 1.165) is 11.1 Å². The Morgan fingerprint density at radius 3 is 2.47 bits per heavy atom. The predicted octanol–water partition coefficient (Wildman–Crippen LogP) is 4.94. The molecule has 0 radical (unpaired) electrons. The first kappa shape index (κ1) is 21.7. The number of carbonyl (C=O) groups excluding carboxylic acids is 2. The molecule has 0 spiro atoms. The van der Waals surface area contributed by atoms with Crippen LogP contribution in [0.4, 0.5) is 5.69 Å². The highest BCUT2D eigenvalue weighted by atomic mass is 35.5. The molecule has 0 saturated heterocycles. The van der Waals surface area contributed by atoms with E-state index in [2.05, 4.69) is 15.3 Å². The number of benzene rings is 1. The Bertz CT molecular complexity index is 1040. The molecule has 30 heavy (non-hydrogen) atoms. The molecule has 3 aromatic rings. The number of rotatable bonds is 7. The molecule has 0 saturated carbocycles. The quantitative estimate of drug-likeness (QED) is 0.561. The van der Waals surface area contributed by atoms with E-state index in [9.17, 15) is 9.59 Å². The maximum atomic E-state index is 13.1. The van der Waals surface area contributed by atoms with Crippen molar-refractivity contribution < 1.29 is 9.59 Å². The molecule has 1 N–H and O–H groups in total. The van der Waals surface area contributed by atoms with Crippen molar-refractivity contribution in [2.24, 2.45) is 0 Å². The van der Waals surface area contributed by atoms with Crippen LogP contribution in [0.25, 0.3) is 11.1 Å². The van der Waals surface area contributed by atoms with Gasteiger partial charge in [-0.05, 0) is 48.4 Å². The molecule has 3 rings (SSSR count). The van der Waals surface area contributed by atoms with Gasteiger partial charge in [0, 0.05) is 41.9 Å². The maximum Gasteiger partial charge on any atom is 0.255 e. The van der Waals surface area contributed by atoms with E-state index in [1.165, 1.54) is 11.1 Å². The summed E-state index contributed by atoms with van der Waals surface area (Å²) in [7, 11) is 0. The lowest BCUT2D eigenvalue weighted by Gasteiger charge is -2.22. The number of carbonyl (C=O) groups is 2. The van der Waals surface area contributed by atoms with E-state index in [-0.39, 0.29) is 18.4 Å². The van der Waals surface area contributed by atoms with Gasteiger partial charge in [0.2, 0.25) is 5.91 Å². The second kappa shape index (κ2) is 10.2. The highest BCUT2D eigenvalue weighted by Gasteiger charge is 2.19. The van der Waals surface area contributed by atoms with Crippen LogP contribution in [-0.4, -0.2) is 39.8 Å². The molecular formula is C22H20Cl2N4O2. The molecule has 6 nitrogen and oxygen atoms in total. The van der Waals surface area contributed by atoms with Crippen LogP contribution in [0.2, 0.25) is 10.0 Å². The first-order valence-electron chi connectivity index (χ1n) is 9.37. The number of amides is 2. The Morgan fingerprint density at radius 2 is 1.77 bits per heavy atom. The normalized spacial score (nSPS) is 10.5. The van der Waals surface area contributed by atoms with Gasteiger partial charge in [0.1, 0.15) is 6.54 Å². The van der Waals surface area contributed by atoms with Gasteiger partial charge in [-0.3, -0.25) is 19.6 Å². The van der Waals surface area contributed by atoms with Crippen LogP contribution in [0.5, 0.6) is 0 Å². The summed E-state index contributed by atoms with van der Waals surface area (Å²) in [6.45, 7) is 2.27. The van der Waals surface area contributed by atoms with Gasteiger partial charge >= 0.3 is 0 Å². The lowest BCUT2D eigenvalue weighted by atomic mass is 10.1. The van der Waals surface area contributed by atoms with Gasteiger partial charge in [-0.1, -0.05) is 30.1 Å². The van der Waals surface area contributed by atoms with Crippen molar-refractivity contribution in [2.45, 2.75) is 13.3 Å². The monoisotopic (exact) mass is 442 g/mol. The zero-order chi connectivity index (χ0) is 21.5. The van der Waals surface area contributed by atoms with Crippen molar-refractivity contribution >= 4 is 40.7 Å². The van der Waals surface area contributed by atoms with E-state index < -0.39 is 0 Å². The molecule has 2 amide bonds. The summed E-state index contributed by atoms with van der Waals surface area (Å²) in [6, 6.07) is 10.3. The molecular weight excluding hydrogens is 423 g/mol. The summed E-state index contributed by atoms with van der Waals surface area (Å²) in [5, 5.41) is 3.53. The molecule has 154 valence electrons. The zero-order valence-electron chi connectivity index (χ0n) is 16.3. The van der Waals surface area contributed by atoms with Crippen LogP contribution in [-0.2, 0) is 4.79 Å². The minimum absolute atomic E-state index is 0.106. The highest BCUT2D eigenvalue weighted by molar-refractivity contribution is 6.36. The summed E-state index contributed by atoms with van der Waals surface area (Å²) in [5.41, 5.74) is 2.56. The average molecular weight is 443 g/mol. The Balaban J connectivity index is 1.75. The molecule has 0 aliphatic heterocycles. The summed E-state index contributed by atoms with van der Waals surface area (Å²) in [6.07, 6.45) is 7.26. The van der Waals surface area contributed by atoms with Gasteiger partial charge in [-0.2, -0.15) is 0 Å². The highest BCUT2D eigenvalue weighted by Crippen LogP contribution is 2.25. The van der Waals surface area contributed by atoms with Crippen molar-refractivity contribution in [1.29, 1.82) is 0 Å². The number of pyridine rings is 2. The first-order chi connectivity index (χ1) is 14.5. The number of hydrogen-bond donors (Lipinski definition) is 1. The molecule has 0 unspecified atom stereocenters. The van der Waals surface area contributed by atoms with Gasteiger partial charge < -0.3 is 10.2 Å². The topological polar surface area (TPSA) is 75.2 Å². The molecule has 0 atom stereocenters. The van der Waals surface area contributed by atoms with Crippen molar-refractivity contribution in [2.75, 3.05) is 18.4 Å². The maximum absolute atomic E-state index is 13.1. The lowest BCUT2D eigenvalue weighted by molar-refractivity contribution is -0.116. The molecule has 2 heterocycles. The van der Waals surface area contributed by atoms with Crippen LogP contribution in [0.15, 0.2) is 61.2 Å². The minimum atomic E-state index is -0.348. The Labute approximate surface area is 184 Å². The van der Waals surface area contributed by atoms with Gasteiger partial charge in [-0.15, -0.1) is 0 Å². The van der Waals surface area contributed by atoms with Crippen molar-refractivity contribution in [3.63, 3.8) is 0 Å². The second-order valence-electron chi connectivity index (χ2n) is 6.60. The standard InChI is InChI=1S/C22H20Cl2N4O2/c1-2-9-28(14-21(29)27-20-4-3-18(23)11-19(20)24)22(30)17-10-16(12-26-13-17)15-5-7-25-8-6-15/h3-8,10-13H,2,9,14H2,1H3,(H,27,29). The fourth-order valence-corrected chi connectivity index (χ4v) is 3.37. The number of aromatic nitrogens is 2. The summed E-state index contributed by atoms with van der Waals surface area (Å²) >= 11 is 12.0. The summed E-state index contributed by atoms with van der Waals surface area (Å²) < 4.78 is 0. The first-order valence-corrected chi connectivity index (χ1v) is 10.1. The van der Waals surface area contributed by atoms with Crippen LogP contribution in [0, 0.1) is 0 Å². The van der Waals surface area contributed by atoms with E-state index >= 15 is 0 Å². The van der Waals surface area contributed by atoms with Gasteiger partial charge in [-0.25, -0.2) is 0 Å². The van der Waals surface area contributed by atoms with Crippen molar-refractivity contribution in [3.05, 3.63) is 76.8 Å². The zero-order valence-corrected chi connectivity index (χ0v) is 17.8. The fraction of sp³-hybridized carbons (Fsp3) is 0.182. The van der Waals surface area contributed by atoms with Crippen LogP contribution >= 0.6 is 23.2 Å². The molecule has 0 bridgehead atoms. The van der Waals surface area contributed by atoms with Crippen LogP contribution in [0.1, 0.15) is 23.7 Å². The molecule has 1 aromatic carbocycles.